The van der Waals surface area contributed by atoms with E-state index >= 15 is 0 Å². The van der Waals surface area contributed by atoms with E-state index in [1.165, 1.54) is 6.20 Å². The number of halogens is 1. The summed E-state index contributed by atoms with van der Waals surface area (Å²) in [5, 5.41) is 18.8. The summed E-state index contributed by atoms with van der Waals surface area (Å²) in [5.41, 5.74) is 0.439. The molecule has 0 aliphatic carbocycles. The summed E-state index contributed by atoms with van der Waals surface area (Å²) in [4.78, 5) is 6.31. The van der Waals surface area contributed by atoms with Crippen molar-refractivity contribution in [2.45, 2.75) is 25.5 Å². The number of aliphatic hydroxyl groups excluding tert-OH is 1. The van der Waals surface area contributed by atoms with Crippen LogP contribution in [0, 0.1) is 11.3 Å². The van der Waals surface area contributed by atoms with Crippen LogP contribution in [0.2, 0.25) is 5.02 Å². The number of hydrogen-bond donors (Lipinski definition) is 1. The van der Waals surface area contributed by atoms with Crippen LogP contribution < -0.4 is 4.90 Å². The Hall–Kier alpha value is -1.35. The van der Waals surface area contributed by atoms with Crippen LogP contribution in [0.15, 0.2) is 12.3 Å². The first-order valence-corrected chi connectivity index (χ1v) is 6.57. The highest BCUT2D eigenvalue weighted by molar-refractivity contribution is 6.33. The van der Waals surface area contributed by atoms with E-state index in [0.717, 1.165) is 0 Å². The number of morpholine rings is 1. The molecule has 0 spiro atoms. The van der Waals surface area contributed by atoms with Crippen molar-refractivity contribution in [1.82, 2.24) is 4.98 Å². The van der Waals surface area contributed by atoms with E-state index in [9.17, 15) is 5.11 Å². The maximum Gasteiger partial charge on any atom is 0.147 e. The minimum atomic E-state index is -0.411. The first kappa shape index (κ1) is 14.1. The molecule has 1 aromatic rings. The number of anilines is 1. The minimum absolute atomic E-state index is 0.0479. The molecular weight excluding hydrogens is 266 g/mol. The average molecular weight is 282 g/mol. The van der Waals surface area contributed by atoms with Crippen LogP contribution in [-0.2, 0) is 4.74 Å². The molecule has 2 atom stereocenters. The first-order valence-electron chi connectivity index (χ1n) is 6.20. The van der Waals surface area contributed by atoms with Gasteiger partial charge >= 0.3 is 0 Å². The number of nitrogens with zero attached hydrogens (tertiary/aromatic N) is 3. The molecule has 2 heterocycles. The van der Waals surface area contributed by atoms with Gasteiger partial charge in [0.2, 0.25) is 0 Å². The van der Waals surface area contributed by atoms with E-state index < -0.39 is 6.10 Å². The van der Waals surface area contributed by atoms with Crippen LogP contribution in [-0.4, -0.2) is 42.0 Å². The van der Waals surface area contributed by atoms with Crippen molar-refractivity contribution >= 4 is 17.4 Å². The molecule has 0 bridgehead atoms. The molecule has 2 unspecified atom stereocenters. The van der Waals surface area contributed by atoms with Gasteiger partial charge < -0.3 is 14.7 Å². The number of pyridine rings is 1. The predicted molar refractivity (Wildman–Crippen MR) is 72.2 cm³/mol. The zero-order chi connectivity index (χ0) is 13.8. The molecule has 0 saturated carbocycles. The van der Waals surface area contributed by atoms with Crippen molar-refractivity contribution in [2.75, 3.05) is 24.7 Å². The Morgan fingerprint density at radius 2 is 2.53 bits per heavy atom. The first-order chi connectivity index (χ1) is 9.11. The minimum Gasteiger partial charge on any atom is -0.393 e. The Morgan fingerprint density at radius 3 is 3.16 bits per heavy atom. The second-order valence-corrected chi connectivity index (χ2v) is 5.06. The highest BCUT2D eigenvalue weighted by Gasteiger charge is 2.27. The third-order valence-corrected chi connectivity index (χ3v) is 3.34. The molecule has 2 rings (SSSR count). The van der Waals surface area contributed by atoms with E-state index in [4.69, 9.17) is 21.6 Å². The molecule has 102 valence electrons. The number of rotatable bonds is 3. The fraction of sp³-hybridized carbons (Fsp3) is 0.538. The molecule has 19 heavy (non-hydrogen) atoms. The Labute approximate surface area is 117 Å². The van der Waals surface area contributed by atoms with Crippen LogP contribution >= 0.6 is 11.6 Å². The summed E-state index contributed by atoms with van der Waals surface area (Å²) in [5.74, 6) is 0.648. The van der Waals surface area contributed by atoms with Crippen LogP contribution in [0.4, 0.5) is 5.82 Å². The zero-order valence-corrected chi connectivity index (χ0v) is 11.5. The smallest absolute Gasteiger partial charge is 0.147 e. The Bertz CT molecular complexity index is 487. The van der Waals surface area contributed by atoms with Gasteiger partial charge in [0.1, 0.15) is 11.9 Å². The second-order valence-electron chi connectivity index (χ2n) is 4.65. The van der Waals surface area contributed by atoms with Crippen LogP contribution in [0.25, 0.3) is 0 Å². The number of aromatic nitrogens is 1. The van der Waals surface area contributed by atoms with Gasteiger partial charge in [-0.2, -0.15) is 5.26 Å². The summed E-state index contributed by atoms with van der Waals surface area (Å²) in [6, 6.07) is 3.67. The molecule has 1 fully saturated rings. The molecular formula is C13H16ClN3O2. The van der Waals surface area contributed by atoms with Gasteiger partial charge in [-0.05, 0) is 19.4 Å². The second kappa shape index (κ2) is 6.20. The van der Waals surface area contributed by atoms with Gasteiger partial charge in [-0.25, -0.2) is 4.98 Å². The normalized spacial score (nSPS) is 20.9. The maximum absolute atomic E-state index is 9.54. The van der Waals surface area contributed by atoms with E-state index in [1.54, 1.807) is 13.0 Å². The molecule has 1 saturated heterocycles. The van der Waals surface area contributed by atoms with Crippen molar-refractivity contribution in [3.8, 4) is 6.07 Å². The summed E-state index contributed by atoms with van der Waals surface area (Å²) in [6.45, 7) is 3.58. The molecule has 1 aliphatic heterocycles. The lowest BCUT2D eigenvalue weighted by Crippen LogP contribution is -2.47. The van der Waals surface area contributed by atoms with Crippen molar-refractivity contribution in [1.29, 1.82) is 5.26 Å². The van der Waals surface area contributed by atoms with Crippen molar-refractivity contribution in [3.63, 3.8) is 0 Å². The standard InChI is InChI=1S/C13H16ClN3O2/c1-9(18)4-11-8-19-3-2-17(11)13-12(14)5-10(6-15)7-16-13/h5,7,9,11,18H,2-4,8H2,1H3. The van der Waals surface area contributed by atoms with E-state index in [-0.39, 0.29) is 6.04 Å². The van der Waals surface area contributed by atoms with E-state index in [0.29, 0.717) is 42.6 Å². The predicted octanol–water partition coefficient (Wildman–Crippen LogP) is 1.58. The molecule has 5 nitrogen and oxygen atoms in total. The Balaban J connectivity index is 2.24. The number of nitriles is 1. The molecule has 1 aromatic heterocycles. The lowest BCUT2D eigenvalue weighted by Gasteiger charge is -2.37. The molecule has 0 aromatic carbocycles. The van der Waals surface area contributed by atoms with Crippen LogP contribution in [0.5, 0.6) is 0 Å². The fourth-order valence-electron chi connectivity index (χ4n) is 2.23. The number of hydrogen-bond acceptors (Lipinski definition) is 5. The van der Waals surface area contributed by atoms with Crippen LogP contribution in [0.3, 0.4) is 0 Å². The van der Waals surface area contributed by atoms with Crippen molar-refractivity contribution < 1.29 is 9.84 Å². The summed E-state index contributed by atoms with van der Waals surface area (Å²) < 4.78 is 5.44. The Kier molecular flexibility index (Phi) is 4.59. The monoisotopic (exact) mass is 281 g/mol. The lowest BCUT2D eigenvalue weighted by atomic mass is 10.1. The van der Waals surface area contributed by atoms with Gasteiger partial charge in [0, 0.05) is 12.7 Å². The number of ether oxygens (including phenoxy) is 1. The number of aliphatic hydroxyl groups is 1. The largest absolute Gasteiger partial charge is 0.393 e. The average Bonchev–Trinajstić information content (AvgIpc) is 2.39. The van der Waals surface area contributed by atoms with Gasteiger partial charge in [0.15, 0.2) is 0 Å². The molecule has 0 radical (unpaired) electrons. The fourth-order valence-corrected chi connectivity index (χ4v) is 2.50. The van der Waals surface area contributed by atoms with E-state index in [2.05, 4.69) is 4.98 Å². The third kappa shape index (κ3) is 3.35. The van der Waals surface area contributed by atoms with Crippen molar-refractivity contribution in [2.24, 2.45) is 0 Å². The third-order valence-electron chi connectivity index (χ3n) is 3.06. The quantitative estimate of drug-likeness (QED) is 0.911. The van der Waals surface area contributed by atoms with Crippen molar-refractivity contribution in [3.05, 3.63) is 22.8 Å². The van der Waals surface area contributed by atoms with Gasteiger partial charge in [0.25, 0.3) is 0 Å². The van der Waals surface area contributed by atoms with Gasteiger partial charge in [-0.3, -0.25) is 0 Å². The SMILES string of the molecule is CC(O)CC1COCCN1c1ncc(C#N)cc1Cl. The molecule has 0 amide bonds. The highest BCUT2D eigenvalue weighted by Crippen LogP contribution is 2.28. The van der Waals surface area contributed by atoms with Crippen LogP contribution in [0.1, 0.15) is 18.9 Å². The summed E-state index contributed by atoms with van der Waals surface area (Å²) >= 11 is 6.18. The summed E-state index contributed by atoms with van der Waals surface area (Å²) in [6.07, 6.45) is 1.69. The van der Waals surface area contributed by atoms with Gasteiger partial charge in [-0.1, -0.05) is 11.6 Å². The summed E-state index contributed by atoms with van der Waals surface area (Å²) in [7, 11) is 0. The zero-order valence-electron chi connectivity index (χ0n) is 10.7. The molecule has 1 N–H and O–H groups in total. The topological polar surface area (TPSA) is 69.4 Å². The molecule has 1 aliphatic rings. The highest BCUT2D eigenvalue weighted by atomic mass is 35.5. The molecule has 6 heteroatoms. The lowest BCUT2D eigenvalue weighted by molar-refractivity contribution is 0.0718. The maximum atomic E-state index is 9.54. The van der Waals surface area contributed by atoms with E-state index in [1.807, 2.05) is 11.0 Å². The van der Waals surface area contributed by atoms with Gasteiger partial charge in [0.05, 0.1) is 35.9 Å². The Morgan fingerprint density at radius 1 is 1.74 bits per heavy atom. The van der Waals surface area contributed by atoms with Gasteiger partial charge in [-0.15, -0.1) is 0 Å².